The standard InChI is InChI=1S/C20H21ClN2O2S/c21-18-5-2-1-4-16(18)13-26-14-19(24)22-12-15-7-9-17(10-8-15)23-11-3-6-20(23)25/h1-2,4-5,7-10H,3,6,11-14H2,(H,22,24). The molecule has 6 heteroatoms. The number of rotatable bonds is 7. The van der Waals surface area contributed by atoms with Crippen LogP contribution in [0.1, 0.15) is 24.0 Å². The van der Waals surface area contributed by atoms with Crippen molar-refractivity contribution < 1.29 is 9.59 Å². The number of benzene rings is 2. The zero-order valence-corrected chi connectivity index (χ0v) is 16.0. The highest BCUT2D eigenvalue weighted by atomic mass is 35.5. The van der Waals surface area contributed by atoms with Crippen molar-refractivity contribution in [2.75, 3.05) is 17.2 Å². The summed E-state index contributed by atoms with van der Waals surface area (Å²) >= 11 is 7.65. The Hall–Kier alpha value is -1.98. The molecule has 0 spiro atoms. The monoisotopic (exact) mass is 388 g/mol. The molecule has 1 fully saturated rings. The first-order chi connectivity index (χ1) is 12.6. The van der Waals surface area contributed by atoms with E-state index in [1.165, 1.54) is 0 Å². The average Bonchev–Trinajstić information content (AvgIpc) is 3.08. The summed E-state index contributed by atoms with van der Waals surface area (Å²) in [5, 5.41) is 3.66. The lowest BCUT2D eigenvalue weighted by atomic mass is 10.2. The van der Waals surface area contributed by atoms with Crippen LogP contribution in [-0.2, 0) is 21.9 Å². The second-order valence-corrected chi connectivity index (χ2v) is 7.57. The molecule has 2 aromatic rings. The fourth-order valence-corrected chi connectivity index (χ4v) is 3.98. The molecular formula is C20H21ClN2O2S. The Labute approximate surface area is 162 Å². The first kappa shape index (κ1) is 18.8. The summed E-state index contributed by atoms with van der Waals surface area (Å²) in [4.78, 5) is 25.6. The molecule has 1 saturated heterocycles. The van der Waals surface area contributed by atoms with E-state index in [-0.39, 0.29) is 11.8 Å². The van der Waals surface area contributed by atoms with Crippen LogP contribution in [0.2, 0.25) is 5.02 Å². The topological polar surface area (TPSA) is 49.4 Å². The normalized spacial score (nSPS) is 13.9. The quantitative estimate of drug-likeness (QED) is 0.779. The molecule has 0 saturated carbocycles. The maximum atomic E-state index is 12.0. The lowest BCUT2D eigenvalue weighted by Crippen LogP contribution is -2.25. The van der Waals surface area contributed by atoms with Gasteiger partial charge < -0.3 is 10.2 Å². The molecule has 136 valence electrons. The molecule has 2 amide bonds. The summed E-state index contributed by atoms with van der Waals surface area (Å²) in [6.45, 7) is 1.28. The van der Waals surface area contributed by atoms with Crippen molar-refractivity contribution >= 4 is 40.9 Å². The van der Waals surface area contributed by atoms with Crippen LogP contribution in [0.25, 0.3) is 0 Å². The van der Waals surface area contributed by atoms with Gasteiger partial charge in [-0.3, -0.25) is 9.59 Å². The molecule has 1 heterocycles. The van der Waals surface area contributed by atoms with E-state index >= 15 is 0 Å². The van der Waals surface area contributed by atoms with Crippen LogP contribution >= 0.6 is 23.4 Å². The molecule has 0 atom stereocenters. The van der Waals surface area contributed by atoms with Gasteiger partial charge in [0.05, 0.1) is 5.75 Å². The van der Waals surface area contributed by atoms with Gasteiger partial charge >= 0.3 is 0 Å². The SMILES string of the molecule is O=C(CSCc1ccccc1Cl)NCc1ccc(N2CCCC2=O)cc1. The maximum absolute atomic E-state index is 12.0. The van der Waals surface area contributed by atoms with E-state index in [9.17, 15) is 9.59 Å². The van der Waals surface area contributed by atoms with E-state index < -0.39 is 0 Å². The smallest absolute Gasteiger partial charge is 0.230 e. The molecular weight excluding hydrogens is 368 g/mol. The molecule has 1 N–H and O–H groups in total. The highest BCUT2D eigenvalue weighted by Crippen LogP contribution is 2.22. The van der Waals surface area contributed by atoms with Gasteiger partial charge in [0.25, 0.3) is 0 Å². The van der Waals surface area contributed by atoms with Gasteiger partial charge in [0.1, 0.15) is 0 Å². The van der Waals surface area contributed by atoms with Crippen molar-refractivity contribution in [1.82, 2.24) is 5.32 Å². The Morgan fingerprint density at radius 2 is 1.92 bits per heavy atom. The van der Waals surface area contributed by atoms with E-state index in [0.29, 0.717) is 24.5 Å². The number of carbonyl (C=O) groups excluding carboxylic acids is 2. The fraction of sp³-hybridized carbons (Fsp3) is 0.300. The predicted molar refractivity (Wildman–Crippen MR) is 107 cm³/mol. The van der Waals surface area contributed by atoms with Crippen LogP contribution in [0.4, 0.5) is 5.69 Å². The second kappa shape index (κ2) is 9.10. The second-order valence-electron chi connectivity index (χ2n) is 6.18. The van der Waals surface area contributed by atoms with Gasteiger partial charge in [-0.25, -0.2) is 0 Å². The number of hydrogen-bond donors (Lipinski definition) is 1. The Bertz CT molecular complexity index is 780. The van der Waals surface area contributed by atoms with Crippen molar-refractivity contribution in [2.45, 2.75) is 25.1 Å². The van der Waals surface area contributed by atoms with Gasteiger partial charge in [-0.05, 0) is 35.7 Å². The van der Waals surface area contributed by atoms with Gasteiger partial charge in [0.15, 0.2) is 0 Å². The summed E-state index contributed by atoms with van der Waals surface area (Å²) in [7, 11) is 0. The highest BCUT2D eigenvalue weighted by molar-refractivity contribution is 7.99. The molecule has 26 heavy (non-hydrogen) atoms. The van der Waals surface area contributed by atoms with Gasteiger partial charge in [0.2, 0.25) is 11.8 Å². The van der Waals surface area contributed by atoms with Crippen LogP contribution in [0, 0.1) is 0 Å². The van der Waals surface area contributed by atoms with Crippen molar-refractivity contribution in [3.05, 3.63) is 64.7 Å². The molecule has 0 unspecified atom stereocenters. The van der Waals surface area contributed by atoms with Gasteiger partial charge in [-0.2, -0.15) is 0 Å². The van der Waals surface area contributed by atoms with E-state index in [1.54, 1.807) is 11.8 Å². The summed E-state index contributed by atoms with van der Waals surface area (Å²) < 4.78 is 0. The first-order valence-corrected chi connectivity index (χ1v) is 10.1. The number of hydrogen-bond acceptors (Lipinski definition) is 3. The third-order valence-corrected chi connectivity index (χ3v) is 5.61. The molecule has 2 aromatic carbocycles. The zero-order chi connectivity index (χ0) is 18.4. The molecule has 0 radical (unpaired) electrons. The van der Waals surface area contributed by atoms with Crippen molar-refractivity contribution in [3.8, 4) is 0 Å². The van der Waals surface area contributed by atoms with E-state index in [2.05, 4.69) is 5.32 Å². The Morgan fingerprint density at radius 3 is 2.62 bits per heavy atom. The molecule has 4 nitrogen and oxygen atoms in total. The molecule has 0 bridgehead atoms. The van der Waals surface area contributed by atoms with E-state index in [4.69, 9.17) is 11.6 Å². The largest absolute Gasteiger partial charge is 0.351 e. The van der Waals surface area contributed by atoms with Crippen LogP contribution in [0.5, 0.6) is 0 Å². The number of anilines is 1. The number of carbonyl (C=O) groups is 2. The third-order valence-electron chi connectivity index (χ3n) is 4.26. The Kier molecular flexibility index (Phi) is 6.58. The molecule has 3 rings (SSSR count). The van der Waals surface area contributed by atoms with Crippen LogP contribution in [0.3, 0.4) is 0 Å². The van der Waals surface area contributed by atoms with Gasteiger partial charge in [-0.1, -0.05) is 41.9 Å². The lowest BCUT2D eigenvalue weighted by molar-refractivity contribution is -0.119. The average molecular weight is 389 g/mol. The Morgan fingerprint density at radius 1 is 1.15 bits per heavy atom. The molecule has 1 aliphatic heterocycles. The summed E-state index contributed by atoms with van der Waals surface area (Å²) in [5.41, 5.74) is 2.99. The predicted octanol–water partition coefficient (Wildman–Crippen LogP) is 4.02. The minimum atomic E-state index is 0.000788. The lowest BCUT2D eigenvalue weighted by Gasteiger charge is -2.16. The number of thioether (sulfide) groups is 1. The number of nitrogens with zero attached hydrogens (tertiary/aromatic N) is 1. The van der Waals surface area contributed by atoms with E-state index in [1.807, 2.05) is 53.4 Å². The zero-order valence-electron chi connectivity index (χ0n) is 14.4. The summed E-state index contributed by atoms with van der Waals surface area (Å²) in [6, 6.07) is 15.5. The minimum absolute atomic E-state index is 0.000788. The molecule has 1 aliphatic rings. The molecule has 0 aliphatic carbocycles. The highest BCUT2D eigenvalue weighted by Gasteiger charge is 2.21. The Balaban J connectivity index is 1.41. The number of nitrogens with one attached hydrogen (secondary N) is 1. The van der Waals surface area contributed by atoms with Crippen LogP contribution in [0.15, 0.2) is 48.5 Å². The van der Waals surface area contributed by atoms with Crippen molar-refractivity contribution in [2.24, 2.45) is 0 Å². The fourth-order valence-electron chi connectivity index (χ4n) is 2.84. The van der Waals surface area contributed by atoms with Crippen LogP contribution < -0.4 is 10.2 Å². The van der Waals surface area contributed by atoms with E-state index in [0.717, 1.165) is 34.8 Å². The summed E-state index contributed by atoms with van der Waals surface area (Å²) in [6.07, 6.45) is 1.55. The van der Waals surface area contributed by atoms with Gasteiger partial charge in [-0.15, -0.1) is 11.8 Å². The minimum Gasteiger partial charge on any atom is -0.351 e. The number of halogens is 1. The van der Waals surface area contributed by atoms with Crippen molar-refractivity contribution in [3.63, 3.8) is 0 Å². The number of amides is 2. The van der Waals surface area contributed by atoms with Crippen molar-refractivity contribution in [1.29, 1.82) is 0 Å². The van der Waals surface area contributed by atoms with Gasteiger partial charge in [0, 0.05) is 36.0 Å². The summed E-state index contributed by atoms with van der Waals surface area (Å²) in [5.74, 6) is 1.29. The van der Waals surface area contributed by atoms with Crippen LogP contribution in [-0.4, -0.2) is 24.1 Å². The maximum Gasteiger partial charge on any atom is 0.230 e. The first-order valence-electron chi connectivity index (χ1n) is 8.60. The third kappa shape index (κ3) is 5.02. The molecule has 0 aromatic heterocycles.